The van der Waals surface area contributed by atoms with Crippen molar-refractivity contribution >= 4 is 28.4 Å². The normalized spacial score (nSPS) is 17.2. The molecule has 1 aliphatic heterocycles. The monoisotopic (exact) mass is 523 g/mol. The number of aromatic nitrogens is 4. The Bertz CT molecular complexity index is 1440. The zero-order chi connectivity index (χ0) is 26.8. The van der Waals surface area contributed by atoms with Crippen molar-refractivity contribution in [2.24, 2.45) is 0 Å². The van der Waals surface area contributed by atoms with Crippen LogP contribution in [0.1, 0.15) is 16.8 Å². The largest absolute Gasteiger partial charge is 0.490 e. The zero-order valence-corrected chi connectivity index (χ0v) is 18.8. The molecule has 0 spiro atoms. The number of benzene rings is 1. The fourth-order valence-corrected chi connectivity index (χ4v) is 3.59. The lowest BCUT2D eigenvalue weighted by molar-refractivity contribution is -0.192. The van der Waals surface area contributed by atoms with E-state index in [0.29, 0.717) is 11.2 Å². The number of piperidine rings is 1. The van der Waals surface area contributed by atoms with Gasteiger partial charge in [-0.25, -0.2) is 28.1 Å². The molecule has 194 valence electrons. The van der Waals surface area contributed by atoms with Gasteiger partial charge in [-0.1, -0.05) is 18.2 Å². The summed E-state index contributed by atoms with van der Waals surface area (Å²) in [6, 6.07) is 12.4. The number of carboxylic acids is 1. The highest BCUT2D eigenvalue weighted by Crippen LogP contribution is 2.32. The molecule has 37 heavy (non-hydrogen) atoms. The summed E-state index contributed by atoms with van der Waals surface area (Å²) in [5.41, 5.74) is 1.30. The third kappa shape index (κ3) is 5.73. The highest BCUT2D eigenvalue weighted by molar-refractivity contribution is 5.99. The molecule has 5 rings (SSSR count). The minimum Gasteiger partial charge on any atom is -0.475 e. The number of para-hydroxylation sites is 1. The molecule has 0 radical (unpaired) electrons. The Morgan fingerprint density at radius 1 is 1.11 bits per heavy atom. The van der Waals surface area contributed by atoms with E-state index in [4.69, 9.17) is 14.6 Å². The summed E-state index contributed by atoms with van der Waals surface area (Å²) in [6.45, 7) is -0.342. The lowest BCUT2D eigenvalue weighted by Crippen LogP contribution is -2.55. The smallest absolute Gasteiger partial charge is 0.475 e. The summed E-state index contributed by atoms with van der Waals surface area (Å²) in [6.07, 6.45) is -2.46. The van der Waals surface area contributed by atoms with Crippen LogP contribution in [0.2, 0.25) is 0 Å². The highest BCUT2D eigenvalue weighted by Gasteiger charge is 2.47. The quantitative estimate of drug-likeness (QED) is 0.407. The van der Waals surface area contributed by atoms with Gasteiger partial charge in [0.25, 0.3) is 11.8 Å². The van der Waals surface area contributed by atoms with Gasteiger partial charge in [-0.3, -0.25) is 4.79 Å². The number of halogens is 5. The second-order valence-electron chi connectivity index (χ2n) is 7.96. The Morgan fingerprint density at radius 3 is 2.57 bits per heavy atom. The molecule has 1 unspecified atom stereocenters. The number of amides is 1. The number of hydrogen-bond donors (Lipinski definition) is 1. The van der Waals surface area contributed by atoms with Crippen LogP contribution in [0.25, 0.3) is 16.6 Å². The summed E-state index contributed by atoms with van der Waals surface area (Å²) in [7, 11) is 0. The van der Waals surface area contributed by atoms with Crippen molar-refractivity contribution in [3.63, 3.8) is 0 Å². The predicted molar refractivity (Wildman–Crippen MR) is 118 cm³/mol. The van der Waals surface area contributed by atoms with Gasteiger partial charge in [0, 0.05) is 36.8 Å². The van der Waals surface area contributed by atoms with E-state index in [1.807, 2.05) is 18.2 Å². The molecule has 14 heteroatoms. The number of alkyl halides is 5. The van der Waals surface area contributed by atoms with Gasteiger partial charge in [0.2, 0.25) is 5.88 Å². The van der Waals surface area contributed by atoms with Crippen molar-refractivity contribution in [1.82, 2.24) is 24.5 Å². The highest BCUT2D eigenvalue weighted by atomic mass is 19.4. The van der Waals surface area contributed by atoms with Gasteiger partial charge >= 0.3 is 12.1 Å². The van der Waals surface area contributed by atoms with Gasteiger partial charge < -0.3 is 14.7 Å². The average Bonchev–Trinajstić information content (AvgIpc) is 3.29. The molecule has 0 aliphatic carbocycles. The number of fused-ring (bicyclic) bond motifs is 2. The second kappa shape index (κ2) is 9.95. The number of ether oxygens (including phenoxy) is 1. The van der Waals surface area contributed by atoms with Crippen molar-refractivity contribution in [3.05, 3.63) is 66.6 Å². The zero-order valence-electron chi connectivity index (χ0n) is 18.8. The maximum absolute atomic E-state index is 14.6. The Kier molecular flexibility index (Phi) is 6.92. The number of rotatable bonds is 3. The Balaban J connectivity index is 0.000000405. The molecule has 4 heterocycles. The first-order chi connectivity index (χ1) is 17.5. The molecule has 1 aliphatic rings. The van der Waals surface area contributed by atoms with Gasteiger partial charge in [0.15, 0.2) is 11.8 Å². The standard InChI is InChI=1S/C21H17F2N5O2.C2HF3O2/c22-21(23)8-11-27(20(29)15-12-25-28-10-3-9-24-19(15)28)13-17(21)30-18-7-6-14-4-1-2-5-16(14)26-18;3-2(4,5)1(6)7/h1-7,9-10,12,17H,8,11,13H2;(H,6,7). The summed E-state index contributed by atoms with van der Waals surface area (Å²) in [4.78, 5) is 31.7. The number of hydrogen-bond acceptors (Lipinski definition) is 6. The lowest BCUT2D eigenvalue weighted by atomic mass is 10.0. The molecule has 1 aromatic carbocycles. The predicted octanol–water partition coefficient (Wildman–Crippen LogP) is 3.84. The molecule has 4 aromatic rings. The van der Waals surface area contributed by atoms with E-state index in [1.165, 1.54) is 15.6 Å². The Morgan fingerprint density at radius 2 is 1.84 bits per heavy atom. The van der Waals surface area contributed by atoms with Crippen molar-refractivity contribution in [2.75, 3.05) is 13.1 Å². The van der Waals surface area contributed by atoms with Crippen molar-refractivity contribution in [1.29, 1.82) is 0 Å². The first-order valence-corrected chi connectivity index (χ1v) is 10.7. The van der Waals surface area contributed by atoms with E-state index in [2.05, 4.69) is 15.1 Å². The first-order valence-electron chi connectivity index (χ1n) is 10.7. The van der Waals surface area contributed by atoms with Gasteiger partial charge in [-0.15, -0.1) is 0 Å². The molecule has 1 saturated heterocycles. The van der Waals surface area contributed by atoms with E-state index >= 15 is 0 Å². The SMILES string of the molecule is O=C(O)C(F)(F)F.O=C(c1cnn2cccnc12)N1CCC(F)(F)C(Oc2ccc3ccccc3n2)C1. The minimum absolute atomic E-state index is 0.0823. The van der Waals surface area contributed by atoms with Crippen molar-refractivity contribution in [3.8, 4) is 5.88 Å². The van der Waals surface area contributed by atoms with Crippen LogP contribution in [0, 0.1) is 0 Å². The summed E-state index contributed by atoms with van der Waals surface area (Å²) >= 11 is 0. The van der Waals surface area contributed by atoms with Crippen LogP contribution in [0.4, 0.5) is 22.0 Å². The molecular formula is C23H18F5N5O4. The molecular weight excluding hydrogens is 505 g/mol. The third-order valence-corrected chi connectivity index (χ3v) is 5.45. The maximum Gasteiger partial charge on any atom is 0.490 e. The lowest BCUT2D eigenvalue weighted by Gasteiger charge is -2.37. The number of nitrogens with zero attached hydrogens (tertiary/aromatic N) is 5. The molecule has 0 bridgehead atoms. The van der Waals surface area contributed by atoms with Gasteiger partial charge in [0.1, 0.15) is 5.56 Å². The van der Waals surface area contributed by atoms with Crippen molar-refractivity contribution < 1.29 is 41.4 Å². The number of carbonyl (C=O) groups excluding carboxylic acids is 1. The minimum atomic E-state index is -5.08. The molecule has 1 atom stereocenters. The fraction of sp³-hybridized carbons (Fsp3) is 0.261. The van der Waals surface area contributed by atoms with Gasteiger partial charge in [-0.05, 0) is 18.2 Å². The molecule has 1 amide bonds. The van der Waals surface area contributed by atoms with E-state index in [9.17, 15) is 26.7 Å². The van der Waals surface area contributed by atoms with E-state index in [1.54, 1.807) is 36.7 Å². The number of aliphatic carboxylic acids is 1. The summed E-state index contributed by atoms with van der Waals surface area (Å²) in [5.74, 6) is -6.14. The van der Waals surface area contributed by atoms with E-state index < -0.39 is 36.5 Å². The maximum atomic E-state index is 14.6. The fourth-order valence-electron chi connectivity index (χ4n) is 3.59. The average molecular weight is 523 g/mol. The topological polar surface area (TPSA) is 110 Å². The van der Waals surface area contributed by atoms with Gasteiger partial charge in [-0.2, -0.15) is 18.3 Å². The Labute approximate surface area is 205 Å². The Hall–Kier alpha value is -4.36. The van der Waals surface area contributed by atoms with Crippen molar-refractivity contribution in [2.45, 2.75) is 24.6 Å². The van der Waals surface area contributed by atoms with E-state index in [-0.39, 0.29) is 24.5 Å². The van der Waals surface area contributed by atoms with Crippen LogP contribution in [0.3, 0.4) is 0 Å². The molecule has 9 nitrogen and oxygen atoms in total. The van der Waals surface area contributed by atoms with Crippen LogP contribution in [0.15, 0.2) is 61.1 Å². The summed E-state index contributed by atoms with van der Waals surface area (Å²) in [5, 5.41) is 12.1. The van der Waals surface area contributed by atoms with E-state index in [0.717, 1.165) is 5.39 Å². The van der Waals surface area contributed by atoms with Crippen LogP contribution < -0.4 is 4.74 Å². The molecule has 1 N–H and O–H groups in total. The molecule has 1 fully saturated rings. The first kappa shape index (κ1) is 25.7. The number of pyridine rings is 1. The number of carbonyl (C=O) groups is 2. The summed E-state index contributed by atoms with van der Waals surface area (Å²) < 4.78 is 67.9. The van der Waals surface area contributed by atoms with Crippen LogP contribution in [-0.2, 0) is 4.79 Å². The van der Waals surface area contributed by atoms with Crippen LogP contribution >= 0.6 is 0 Å². The number of carboxylic acid groups (broad SMARTS) is 1. The van der Waals surface area contributed by atoms with Crippen LogP contribution in [0.5, 0.6) is 5.88 Å². The molecule has 3 aromatic heterocycles. The van der Waals surface area contributed by atoms with Crippen LogP contribution in [-0.4, -0.2) is 72.8 Å². The third-order valence-electron chi connectivity index (χ3n) is 5.45. The van der Waals surface area contributed by atoms with Gasteiger partial charge in [0.05, 0.1) is 18.3 Å². The molecule has 0 saturated carbocycles. The number of likely N-dealkylation sites (tertiary alicyclic amines) is 1. The second-order valence-corrected chi connectivity index (χ2v) is 7.96.